The Bertz CT molecular complexity index is 1370. The van der Waals surface area contributed by atoms with Crippen molar-refractivity contribution >= 4 is 33.4 Å². The van der Waals surface area contributed by atoms with E-state index in [0.29, 0.717) is 11.4 Å². The van der Waals surface area contributed by atoms with Crippen molar-refractivity contribution in [1.82, 2.24) is 14.5 Å². The molecule has 7 nitrogen and oxygen atoms in total. The van der Waals surface area contributed by atoms with Crippen LogP contribution in [0.15, 0.2) is 83.8 Å². The van der Waals surface area contributed by atoms with Crippen LogP contribution in [-0.4, -0.2) is 55.1 Å². The first kappa shape index (κ1) is 30.3. The predicted molar refractivity (Wildman–Crippen MR) is 150 cm³/mol. The predicted octanol–water partition coefficient (Wildman–Crippen LogP) is 4.65. The Labute approximate surface area is 234 Å². The number of halogens is 2. The van der Waals surface area contributed by atoms with E-state index < -0.39 is 40.2 Å². The summed E-state index contributed by atoms with van der Waals surface area (Å²) in [6.45, 7) is 3.01. The van der Waals surface area contributed by atoms with Crippen LogP contribution in [0.5, 0.6) is 0 Å². The molecule has 0 spiro atoms. The Morgan fingerprint density at radius 2 is 1.59 bits per heavy atom. The summed E-state index contributed by atoms with van der Waals surface area (Å²) in [5.41, 5.74) is 1.01. The van der Waals surface area contributed by atoms with Gasteiger partial charge in [0.2, 0.25) is 21.8 Å². The number of amides is 2. The average molecular weight is 574 g/mol. The lowest BCUT2D eigenvalue weighted by Crippen LogP contribution is -2.54. The third-order valence-electron chi connectivity index (χ3n) is 6.45. The normalized spacial score (nSPS) is 13.1. The second-order valence-electron chi connectivity index (χ2n) is 9.35. The molecule has 3 rings (SSSR count). The van der Waals surface area contributed by atoms with Crippen LogP contribution in [0.25, 0.3) is 0 Å². The number of rotatable bonds is 12. The second-order valence-corrected chi connectivity index (χ2v) is 11.8. The molecule has 0 bridgehead atoms. The minimum Gasteiger partial charge on any atom is -0.352 e. The molecule has 2 unspecified atom stereocenters. The van der Waals surface area contributed by atoms with Crippen LogP contribution in [0.3, 0.4) is 0 Å². The van der Waals surface area contributed by atoms with Crippen molar-refractivity contribution in [2.45, 2.75) is 50.2 Å². The standard InChI is InChI=1S/C29H33ClFN3O4S/c1-4-21(2)32-29(36)27(18-22-10-6-5-7-11-22)34(19-23-12-8-9-13-26(23)31)28(35)20-33(3)39(37,38)25-16-14-24(30)15-17-25/h5-17,21,27H,4,18-20H2,1-3H3,(H,32,36). The van der Waals surface area contributed by atoms with E-state index >= 15 is 0 Å². The van der Waals surface area contributed by atoms with Gasteiger partial charge in [-0.2, -0.15) is 4.31 Å². The molecule has 0 aliphatic rings. The molecule has 2 atom stereocenters. The minimum absolute atomic E-state index is 0.0294. The number of benzene rings is 3. The highest BCUT2D eigenvalue weighted by Gasteiger charge is 2.33. The monoisotopic (exact) mass is 573 g/mol. The minimum atomic E-state index is -4.04. The third kappa shape index (κ3) is 8.11. The van der Waals surface area contributed by atoms with Crippen LogP contribution < -0.4 is 5.32 Å². The Morgan fingerprint density at radius 1 is 0.974 bits per heavy atom. The molecule has 10 heteroatoms. The summed E-state index contributed by atoms with van der Waals surface area (Å²) < 4.78 is 42.0. The first-order chi connectivity index (χ1) is 18.5. The van der Waals surface area contributed by atoms with E-state index in [1.54, 1.807) is 6.07 Å². The first-order valence-corrected chi connectivity index (χ1v) is 14.4. The van der Waals surface area contributed by atoms with Crippen molar-refractivity contribution in [3.05, 3.63) is 101 Å². The van der Waals surface area contributed by atoms with Crippen molar-refractivity contribution < 1.29 is 22.4 Å². The lowest BCUT2D eigenvalue weighted by molar-refractivity contribution is -0.141. The van der Waals surface area contributed by atoms with Crippen molar-refractivity contribution in [2.75, 3.05) is 13.6 Å². The SMILES string of the molecule is CCC(C)NC(=O)C(Cc1ccccc1)N(Cc1ccccc1F)C(=O)CN(C)S(=O)(=O)c1ccc(Cl)cc1. The Kier molecular flexibility index (Phi) is 10.6. The summed E-state index contributed by atoms with van der Waals surface area (Å²) in [5, 5.41) is 3.30. The van der Waals surface area contributed by atoms with E-state index in [1.807, 2.05) is 44.2 Å². The maximum absolute atomic E-state index is 14.7. The van der Waals surface area contributed by atoms with Gasteiger partial charge in [0, 0.05) is 36.6 Å². The van der Waals surface area contributed by atoms with Gasteiger partial charge in [-0.05, 0) is 49.2 Å². The van der Waals surface area contributed by atoms with E-state index in [2.05, 4.69) is 5.32 Å². The third-order valence-corrected chi connectivity index (χ3v) is 8.52. The van der Waals surface area contributed by atoms with Crippen molar-refractivity contribution in [1.29, 1.82) is 0 Å². The van der Waals surface area contributed by atoms with Crippen molar-refractivity contribution in [3.8, 4) is 0 Å². The molecule has 208 valence electrons. The van der Waals surface area contributed by atoms with Gasteiger partial charge in [-0.1, -0.05) is 67.1 Å². The molecule has 3 aromatic carbocycles. The molecule has 0 saturated carbocycles. The van der Waals surface area contributed by atoms with Crippen molar-refractivity contribution in [2.24, 2.45) is 0 Å². The van der Waals surface area contributed by atoms with Crippen LogP contribution >= 0.6 is 11.6 Å². The largest absolute Gasteiger partial charge is 0.352 e. The molecule has 39 heavy (non-hydrogen) atoms. The molecule has 2 amide bonds. The molecule has 0 aromatic heterocycles. The number of nitrogens with zero attached hydrogens (tertiary/aromatic N) is 2. The Hall–Kier alpha value is -3.27. The maximum atomic E-state index is 14.7. The quantitative estimate of drug-likeness (QED) is 0.342. The molecular formula is C29H33ClFN3O4S. The van der Waals surface area contributed by atoms with E-state index in [9.17, 15) is 22.4 Å². The first-order valence-electron chi connectivity index (χ1n) is 12.6. The smallest absolute Gasteiger partial charge is 0.243 e. The number of carbonyl (C=O) groups excluding carboxylic acids is 2. The average Bonchev–Trinajstić information content (AvgIpc) is 2.92. The fourth-order valence-electron chi connectivity index (χ4n) is 3.96. The van der Waals surface area contributed by atoms with E-state index in [4.69, 9.17) is 11.6 Å². The fraction of sp³-hybridized carbons (Fsp3) is 0.310. The van der Waals surface area contributed by atoms with Gasteiger partial charge in [0.05, 0.1) is 11.4 Å². The molecule has 0 fully saturated rings. The molecule has 0 aliphatic carbocycles. The van der Waals surface area contributed by atoms with Crippen LogP contribution in [0, 0.1) is 5.82 Å². The van der Waals surface area contributed by atoms with Gasteiger partial charge < -0.3 is 10.2 Å². The topological polar surface area (TPSA) is 86.8 Å². The summed E-state index contributed by atoms with van der Waals surface area (Å²) in [6, 6.07) is 19.6. The van der Waals surface area contributed by atoms with Gasteiger partial charge in [-0.25, -0.2) is 12.8 Å². The summed E-state index contributed by atoms with van der Waals surface area (Å²) in [5.74, 6) is -1.57. The highest BCUT2D eigenvalue weighted by atomic mass is 35.5. The van der Waals surface area contributed by atoms with Gasteiger partial charge >= 0.3 is 0 Å². The number of likely N-dealkylation sites (N-methyl/N-ethyl adjacent to an activating group) is 1. The number of sulfonamides is 1. The number of hydrogen-bond donors (Lipinski definition) is 1. The van der Waals surface area contributed by atoms with Gasteiger partial charge in [-0.3, -0.25) is 9.59 Å². The Balaban J connectivity index is 1.99. The van der Waals surface area contributed by atoms with Gasteiger partial charge in [0.15, 0.2) is 0 Å². The zero-order valence-electron chi connectivity index (χ0n) is 22.2. The Morgan fingerprint density at radius 3 is 2.21 bits per heavy atom. The highest BCUT2D eigenvalue weighted by molar-refractivity contribution is 7.89. The second kappa shape index (κ2) is 13.7. The molecular weight excluding hydrogens is 541 g/mol. The summed E-state index contributed by atoms with van der Waals surface area (Å²) in [4.78, 5) is 28.6. The summed E-state index contributed by atoms with van der Waals surface area (Å²) in [6.07, 6.45) is 0.837. The molecule has 0 aliphatic heterocycles. The maximum Gasteiger partial charge on any atom is 0.243 e. The van der Waals surface area contributed by atoms with Crippen LogP contribution in [0.4, 0.5) is 4.39 Å². The van der Waals surface area contributed by atoms with E-state index in [-0.39, 0.29) is 29.5 Å². The van der Waals surface area contributed by atoms with E-state index in [0.717, 1.165) is 9.87 Å². The highest BCUT2D eigenvalue weighted by Crippen LogP contribution is 2.20. The zero-order valence-corrected chi connectivity index (χ0v) is 23.8. The van der Waals surface area contributed by atoms with Gasteiger partial charge in [0.1, 0.15) is 11.9 Å². The van der Waals surface area contributed by atoms with Crippen LogP contribution in [0.2, 0.25) is 5.02 Å². The van der Waals surface area contributed by atoms with Gasteiger partial charge in [-0.15, -0.1) is 0 Å². The van der Waals surface area contributed by atoms with Crippen molar-refractivity contribution in [3.63, 3.8) is 0 Å². The molecule has 0 saturated heterocycles. The lowest BCUT2D eigenvalue weighted by atomic mass is 10.0. The fourth-order valence-corrected chi connectivity index (χ4v) is 5.20. The summed E-state index contributed by atoms with van der Waals surface area (Å²) >= 11 is 5.90. The van der Waals surface area contributed by atoms with E-state index in [1.165, 1.54) is 54.4 Å². The lowest BCUT2D eigenvalue weighted by Gasteiger charge is -2.33. The summed E-state index contributed by atoms with van der Waals surface area (Å²) in [7, 11) is -2.75. The number of carbonyl (C=O) groups is 2. The van der Waals surface area contributed by atoms with Crippen LogP contribution in [-0.2, 0) is 32.6 Å². The molecule has 3 aromatic rings. The van der Waals surface area contributed by atoms with Gasteiger partial charge in [0.25, 0.3) is 0 Å². The number of nitrogens with one attached hydrogen (secondary N) is 1. The zero-order chi connectivity index (χ0) is 28.6. The van der Waals surface area contributed by atoms with Crippen LogP contribution in [0.1, 0.15) is 31.4 Å². The molecule has 0 heterocycles. The molecule has 0 radical (unpaired) electrons. The number of hydrogen-bond acceptors (Lipinski definition) is 4. The molecule has 1 N–H and O–H groups in total.